The second-order valence-electron chi connectivity index (χ2n) is 6.06. The molecule has 4 heteroatoms. The average Bonchev–Trinajstić information content (AvgIpc) is 2.50. The van der Waals surface area contributed by atoms with Crippen molar-refractivity contribution >= 4 is 12.0 Å². The quantitative estimate of drug-likeness (QED) is 0.653. The lowest BCUT2D eigenvalue weighted by Crippen LogP contribution is -2.44. The van der Waals surface area contributed by atoms with Gasteiger partial charge in [-0.1, -0.05) is 12.8 Å². The summed E-state index contributed by atoms with van der Waals surface area (Å²) in [6, 6.07) is 0.0890. The maximum Gasteiger partial charge on any atom is 0.417 e. The summed E-state index contributed by atoms with van der Waals surface area (Å²) >= 11 is 0. The molecule has 0 radical (unpaired) electrons. The number of fused-ring (bicyclic) bond motifs is 1. The standard InChI is InChI=1S/C13H21NO3/c1-13(2,3)17-12(16)14-10-7-5-4-6-9(10)8-11(14)15/h9-10H,4-8H2,1-3H3/t9-,10-/m1/s1. The minimum Gasteiger partial charge on any atom is -0.443 e. The van der Waals surface area contributed by atoms with Gasteiger partial charge in [-0.25, -0.2) is 9.69 Å². The van der Waals surface area contributed by atoms with Crippen LogP contribution in [0, 0.1) is 5.92 Å². The molecule has 0 spiro atoms. The summed E-state index contributed by atoms with van der Waals surface area (Å²) < 4.78 is 5.31. The summed E-state index contributed by atoms with van der Waals surface area (Å²) in [6.45, 7) is 5.47. The van der Waals surface area contributed by atoms with Crippen LogP contribution in [0.1, 0.15) is 52.9 Å². The van der Waals surface area contributed by atoms with Gasteiger partial charge in [-0.05, 0) is 39.5 Å². The molecule has 2 aliphatic rings. The Bertz CT molecular complexity index is 332. The van der Waals surface area contributed by atoms with E-state index in [1.807, 2.05) is 20.8 Å². The Balaban J connectivity index is 2.09. The molecule has 0 unspecified atom stereocenters. The lowest BCUT2D eigenvalue weighted by atomic mass is 9.85. The minimum atomic E-state index is -0.538. The lowest BCUT2D eigenvalue weighted by Gasteiger charge is -2.31. The van der Waals surface area contributed by atoms with Crippen LogP contribution in [0.3, 0.4) is 0 Å². The van der Waals surface area contributed by atoms with Gasteiger partial charge in [-0.3, -0.25) is 4.79 Å². The number of nitrogens with zero attached hydrogens (tertiary/aromatic N) is 1. The largest absolute Gasteiger partial charge is 0.443 e. The maximum absolute atomic E-state index is 12.0. The highest BCUT2D eigenvalue weighted by atomic mass is 16.6. The van der Waals surface area contributed by atoms with Crippen LogP contribution in [-0.4, -0.2) is 28.5 Å². The van der Waals surface area contributed by atoms with Gasteiger partial charge in [-0.15, -0.1) is 0 Å². The molecule has 0 aromatic carbocycles. The molecule has 2 amide bonds. The van der Waals surface area contributed by atoms with Gasteiger partial charge in [0.15, 0.2) is 0 Å². The van der Waals surface area contributed by atoms with Crippen LogP contribution in [0.25, 0.3) is 0 Å². The summed E-state index contributed by atoms with van der Waals surface area (Å²) in [7, 11) is 0. The number of ether oxygens (including phenoxy) is 1. The number of amides is 2. The van der Waals surface area contributed by atoms with E-state index in [0.717, 1.165) is 19.3 Å². The van der Waals surface area contributed by atoms with Crippen molar-refractivity contribution in [3.63, 3.8) is 0 Å². The van der Waals surface area contributed by atoms with E-state index in [0.29, 0.717) is 12.3 Å². The zero-order valence-corrected chi connectivity index (χ0v) is 10.9. The molecule has 1 heterocycles. The molecule has 4 nitrogen and oxygen atoms in total. The van der Waals surface area contributed by atoms with Crippen molar-refractivity contribution in [3.05, 3.63) is 0 Å². The Morgan fingerprint density at radius 3 is 2.59 bits per heavy atom. The molecular weight excluding hydrogens is 218 g/mol. The fraction of sp³-hybridized carbons (Fsp3) is 0.846. The van der Waals surface area contributed by atoms with Gasteiger partial charge in [0.05, 0.1) is 0 Å². The molecule has 0 N–H and O–H groups in total. The van der Waals surface area contributed by atoms with Crippen molar-refractivity contribution < 1.29 is 14.3 Å². The topological polar surface area (TPSA) is 46.6 Å². The van der Waals surface area contributed by atoms with Gasteiger partial charge < -0.3 is 4.74 Å². The number of rotatable bonds is 0. The highest BCUT2D eigenvalue weighted by Gasteiger charge is 2.45. The van der Waals surface area contributed by atoms with Crippen LogP contribution < -0.4 is 0 Å². The van der Waals surface area contributed by atoms with Crippen molar-refractivity contribution in [2.75, 3.05) is 0 Å². The number of likely N-dealkylation sites (tertiary alicyclic amines) is 1. The van der Waals surface area contributed by atoms with Crippen LogP contribution in [0.5, 0.6) is 0 Å². The van der Waals surface area contributed by atoms with Crippen molar-refractivity contribution in [2.45, 2.75) is 64.5 Å². The predicted molar refractivity (Wildman–Crippen MR) is 63.4 cm³/mol. The molecule has 1 saturated carbocycles. The van der Waals surface area contributed by atoms with E-state index in [2.05, 4.69) is 0 Å². The normalized spacial score (nSPS) is 29.1. The van der Waals surface area contributed by atoms with Gasteiger partial charge in [0.2, 0.25) is 5.91 Å². The second kappa shape index (κ2) is 4.31. The van der Waals surface area contributed by atoms with E-state index < -0.39 is 11.7 Å². The van der Waals surface area contributed by atoms with Crippen molar-refractivity contribution in [1.29, 1.82) is 0 Å². The first-order chi connectivity index (χ1) is 7.88. The number of imide groups is 1. The van der Waals surface area contributed by atoms with Gasteiger partial charge >= 0.3 is 6.09 Å². The van der Waals surface area contributed by atoms with Gasteiger partial charge in [0.25, 0.3) is 0 Å². The van der Waals surface area contributed by atoms with E-state index in [1.54, 1.807) is 0 Å². The Morgan fingerprint density at radius 2 is 1.94 bits per heavy atom. The number of hydrogen-bond acceptors (Lipinski definition) is 3. The number of hydrogen-bond donors (Lipinski definition) is 0. The zero-order valence-electron chi connectivity index (χ0n) is 10.9. The smallest absolute Gasteiger partial charge is 0.417 e. The molecule has 2 fully saturated rings. The van der Waals surface area contributed by atoms with Crippen LogP contribution in [-0.2, 0) is 9.53 Å². The zero-order chi connectivity index (χ0) is 12.6. The van der Waals surface area contributed by atoms with Gasteiger partial charge in [-0.2, -0.15) is 0 Å². The molecule has 0 bridgehead atoms. The summed E-state index contributed by atoms with van der Waals surface area (Å²) in [5, 5.41) is 0. The van der Waals surface area contributed by atoms with E-state index in [1.165, 1.54) is 11.3 Å². The first kappa shape index (κ1) is 12.4. The third-order valence-electron chi connectivity index (χ3n) is 3.50. The third kappa shape index (κ3) is 2.61. The lowest BCUT2D eigenvalue weighted by molar-refractivity contribution is -0.128. The minimum absolute atomic E-state index is 0.0591. The first-order valence-electron chi connectivity index (χ1n) is 6.43. The molecule has 1 saturated heterocycles. The van der Waals surface area contributed by atoms with Gasteiger partial charge in [0.1, 0.15) is 5.60 Å². The third-order valence-corrected chi connectivity index (χ3v) is 3.50. The fourth-order valence-electron chi connectivity index (χ4n) is 2.82. The summed E-state index contributed by atoms with van der Waals surface area (Å²) in [5.41, 5.74) is -0.538. The van der Waals surface area contributed by atoms with Crippen LogP contribution in [0.2, 0.25) is 0 Å². The molecular formula is C13H21NO3. The Kier molecular flexibility index (Phi) is 3.15. The molecule has 1 aliphatic heterocycles. The van der Waals surface area contributed by atoms with Crippen LogP contribution in [0.4, 0.5) is 4.79 Å². The maximum atomic E-state index is 12.0. The van der Waals surface area contributed by atoms with E-state index in [9.17, 15) is 9.59 Å². The average molecular weight is 239 g/mol. The molecule has 0 aromatic rings. The summed E-state index contributed by atoms with van der Waals surface area (Å²) in [6.07, 6.45) is 4.34. The van der Waals surface area contributed by atoms with E-state index >= 15 is 0 Å². The van der Waals surface area contributed by atoms with Gasteiger partial charge in [0, 0.05) is 12.5 Å². The number of carbonyl (C=O) groups excluding carboxylic acids is 2. The van der Waals surface area contributed by atoms with Crippen molar-refractivity contribution in [1.82, 2.24) is 4.90 Å². The van der Waals surface area contributed by atoms with Crippen molar-refractivity contribution in [3.8, 4) is 0 Å². The van der Waals surface area contributed by atoms with Crippen LogP contribution >= 0.6 is 0 Å². The predicted octanol–water partition coefficient (Wildman–Crippen LogP) is 2.71. The second-order valence-corrected chi connectivity index (χ2v) is 6.06. The van der Waals surface area contributed by atoms with E-state index in [-0.39, 0.29) is 11.9 Å². The molecule has 2 atom stereocenters. The molecule has 0 aromatic heterocycles. The highest BCUT2D eigenvalue weighted by Crippen LogP contribution is 2.37. The van der Waals surface area contributed by atoms with Crippen LogP contribution in [0.15, 0.2) is 0 Å². The molecule has 2 rings (SSSR count). The molecule has 17 heavy (non-hydrogen) atoms. The molecule has 96 valence electrons. The fourth-order valence-corrected chi connectivity index (χ4v) is 2.82. The summed E-state index contributed by atoms with van der Waals surface area (Å²) in [4.78, 5) is 25.3. The van der Waals surface area contributed by atoms with E-state index in [4.69, 9.17) is 4.74 Å². The number of carbonyl (C=O) groups is 2. The SMILES string of the molecule is CC(C)(C)OC(=O)N1C(=O)C[C@H]2CCCC[C@H]21. The Morgan fingerprint density at radius 1 is 1.29 bits per heavy atom. The first-order valence-corrected chi connectivity index (χ1v) is 6.43. The highest BCUT2D eigenvalue weighted by molar-refractivity contribution is 5.94. The Labute approximate surface area is 102 Å². The summed E-state index contributed by atoms with van der Waals surface area (Å²) in [5.74, 6) is 0.305. The monoisotopic (exact) mass is 239 g/mol. The Hall–Kier alpha value is -1.06. The van der Waals surface area contributed by atoms with Crippen molar-refractivity contribution in [2.24, 2.45) is 5.92 Å². The molecule has 1 aliphatic carbocycles.